The molecule has 0 radical (unpaired) electrons. The molecule has 1 aromatic rings. The van der Waals surface area contributed by atoms with Crippen molar-refractivity contribution in [2.45, 2.75) is 20.3 Å². The lowest BCUT2D eigenvalue weighted by Crippen LogP contribution is -2.08. The highest BCUT2D eigenvalue weighted by atomic mass is 79.9. The Bertz CT molecular complexity index is 413. The molecule has 1 N–H and O–H groups in total. The van der Waals surface area contributed by atoms with Crippen molar-refractivity contribution in [3.05, 3.63) is 28.3 Å². The molecule has 0 amide bonds. The van der Waals surface area contributed by atoms with E-state index in [1.54, 1.807) is 6.07 Å². The van der Waals surface area contributed by atoms with Gasteiger partial charge in [-0.25, -0.2) is 4.79 Å². The monoisotopic (exact) mass is 286 g/mol. The molecule has 0 aromatic heterocycles. The Morgan fingerprint density at radius 1 is 1.50 bits per heavy atom. The van der Waals surface area contributed by atoms with Crippen LogP contribution in [0.4, 0.5) is 0 Å². The predicted molar refractivity (Wildman–Crippen MR) is 66.4 cm³/mol. The zero-order chi connectivity index (χ0) is 12.3. The number of methoxy groups -OCH3 is 1. The molecular formula is C12H15BrO3. The highest BCUT2D eigenvalue weighted by Gasteiger charge is 2.18. The molecule has 0 bridgehead atoms. The lowest BCUT2D eigenvalue weighted by atomic mass is 9.95. The number of aromatic hydroxyl groups is 1. The molecule has 0 saturated carbocycles. The number of hydrogen-bond donors (Lipinski definition) is 1. The van der Waals surface area contributed by atoms with Crippen LogP contribution in [-0.2, 0) is 11.2 Å². The van der Waals surface area contributed by atoms with E-state index in [-0.39, 0.29) is 11.3 Å². The van der Waals surface area contributed by atoms with Crippen LogP contribution < -0.4 is 0 Å². The van der Waals surface area contributed by atoms with Gasteiger partial charge in [-0.2, -0.15) is 0 Å². The Kier molecular flexibility index (Phi) is 4.35. The lowest BCUT2D eigenvalue weighted by molar-refractivity contribution is 0.0596. The Morgan fingerprint density at radius 2 is 2.12 bits per heavy atom. The smallest absolute Gasteiger partial charge is 0.341 e. The van der Waals surface area contributed by atoms with E-state index in [0.717, 1.165) is 28.4 Å². The van der Waals surface area contributed by atoms with E-state index < -0.39 is 5.97 Å². The molecule has 0 saturated heterocycles. The van der Waals surface area contributed by atoms with E-state index in [1.807, 2.05) is 13.8 Å². The van der Waals surface area contributed by atoms with Gasteiger partial charge in [0, 0.05) is 5.33 Å². The summed E-state index contributed by atoms with van der Waals surface area (Å²) in [7, 11) is 1.31. The number of aryl methyl sites for hydroxylation is 1. The fourth-order valence-corrected chi connectivity index (χ4v) is 2.24. The number of alkyl halides is 1. The quantitative estimate of drug-likeness (QED) is 0.687. The summed E-state index contributed by atoms with van der Waals surface area (Å²) in [6.45, 7) is 3.75. The summed E-state index contributed by atoms with van der Waals surface area (Å²) in [5, 5.41) is 10.6. The van der Waals surface area contributed by atoms with Crippen LogP contribution in [0.2, 0.25) is 0 Å². The predicted octanol–water partition coefficient (Wildman–Crippen LogP) is 2.73. The van der Waals surface area contributed by atoms with Gasteiger partial charge in [0.2, 0.25) is 0 Å². The van der Waals surface area contributed by atoms with Crippen molar-refractivity contribution in [1.29, 1.82) is 0 Å². The van der Waals surface area contributed by atoms with Gasteiger partial charge >= 0.3 is 5.97 Å². The standard InChI is InChI=1S/C12H15BrO3/c1-7-6-10(14)11(12(15)16-3)8(2)9(7)4-5-13/h6,14H,4-5H2,1-3H3. The summed E-state index contributed by atoms with van der Waals surface area (Å²) in [5.41, 5.74) is 3.13. The Morgan fingerprint density at radius 3 is 2.62 bits per heavy atom. The number of ether oxygens (including phenoxy) is 1. The maximum atomic E-state index is 11.5. The van der Waals surface area contributed by atoms with E-state index in [2.05, 4.69) is 20.7 Å². The molecule has 0 atom stereocenters. The molecule has 88 valence electrons. The zero-order valence-corrected chi connectivity index (χ0v) is 11.2. The topological polar surface area (TPSA) is 46.5 Å². The molecule has 0 spiro atoms. The van der Waals surface area contributed by atoms with Crippen LogP contribution in [0.15, 0.2) is 6.07 Å². The summed E-state index contributed by atoms with van der Waals surface area (Å²) in [6, 6.07) is 1.61. The lowest BCUT2D eigenvalue weighted by Gasteiger charge is -2.14. The fraction of sp³-hybridized carbons (Fsp3) is 0.417. The van der Waals surface area contributed by atoms with Crippen molar-refractivity contribution in [3.63, 3.8) is 0 Å². The van der Waals surface area contributed by atoms with Crippen LogP contribution in [0.1, 0.15) is 27.0 Å². The van der Waals surface area contributed by atoms with E-state index in [9.17, 15) is 9.90 Å². The molecule has 0 aliphatic carbocycles. The maximum Gasteiger partial charge on any atom is 0.341 e. The third kappa shape index (κ3) is 2.38. The molecule has 0 heterocycles. The van der Waals surface area contributed by atoms with Gasteiger partial charge in [-0.3, -0.25) is 0 Å². The van der Waals surface area contributed by atoms with Crippen molar-refractivity contribution in [2.75, 3.05) is 12.4 Å². The molecule has 0 fully saturated rings. The van der Waals surface area contributed by atoms with Gasteiger partial charge < -0.3 is 9.84 Å². The fourth-order valence-electron chi connectivity index (χ4n) is 1.84. The molecule has 1 rings (SSSR count). The van der Waals surface area contributed by atoms with Crippen LogP contribution in [0.25, 0.3) is 0 Å². The highest BCUT2D eigenvalue weighted by molar-refractivity contribution is 9.09. The molecule has 1 aromatic carbocycles. The van der Waals surface area contributed by atoms with E-state index >= 15 is 0 Å². The Labute approximate surface area is 104 Å². The number of carbonyl (C=O) groups excluding carboxylic acids is 1. The largest absolute Gasteiger partial charge is 0.507 e. The average molecular weight is 287 g/mol. The minimum Gasteiger partial charge on any atom is -0.507 e. The van der Waals surface area contributed by atoms with Crippen LogP contribution in [0, 0.1) is 13.8 Å². The van der Waals surface area contributed by atoms with Crippen molar-refractivity contribution >= 4 is 21.9 Å². The number of benzene rings is 1. The van der Waals surface area contributed by atoms with Gasteiger partial charge in [0.1, 0.15) is 11.3 Å². The number of esters is 1. The SMILES string of the molecule is COC(=O)c1c(O)cc(C)c(CCBr)c1C. The molecule has 0 aliphatic heterocycles. The number of phenolic OH excluding ortho intramolecular Hbond substituents is 1. The second-order valence-corrected chi connectivity index (χ2v) is 4.41. The second kappa shape index (κ2) is 5.34. The first-order valence-corrected chi connectivity index (χ1v) is 6.11. The normalized spacial score (nSPS) is 10.2. The Balaban J connectivity index is 3.38. The van der Waals surface area contributed by atoms with Crippen molar-refractivity contribution in [2.24, 2.45) is 0 Å². The first-order chi connectivity index (χ1) is 7.52. The zero-order valence-electron chi connectivity index (χ0n) is 9.63. The first kappa shape index (κ1) is 13.0. The van der Waals surface area contributed by atoms with Gasteiger partial charge in [-0.05, 0) is 43.0 Å². The summed E-state index contributed by atoms with van der Waals surface area (Å²) in [4.78, 5) is 11.5. The van der Waals surface area contributed by atoms with E-state index in [4.69, 9.17) is 0 Å². The van der Waals surface area contributed by atoms with Gasteiger partial charge in [-0.15, -0.1) is 0 Å². The van der Waals surface area contributed by atoms with Crippen molar-refractivity contribution in [3.8, 4) is 5.75 Å². The molecule has 0 unspecified atom stereocenters. The number of phenols is 1. The van der Waals surface area contributed by atoms with Gasteiger partial charge in [0.25, 0.3) is 0 Å². The summed E-state index contributed by atoms with van der Waals surface area (Å²) < 4.78 is 4.66. The van der Waals surface area contributed by atoms with Crippen molar-refractivity contribution in [1.82, 2.24) is 0 Å². The van der Waals surface area contributed by atoms with Crippen molar-refractivity contribution < 1.29 is 14.6 Å². The molecular weight excluding hydrogens is 272 g/mol. The summed E-state index contributed by atoms with van der Waals surface area (Å²) in [6.07, 6.45) is 0.821. The third-order valence-electron chi connectivity index (χ3n) is 2.65. The van der Waals surface area contributed by atoms with Crippen LogP contribution in [0.5, 0.6) is 5.75 Å². The van der Waals surface area contributed by atoms with E-state index in [0.29, 0.717) is 0 Å². The minimum atomic E-state index is -0.495. The van der Waals surface area contributed by atoms with E-state index in [1.165, 1.54) is 7.11 Å². The minimum absolute atomic E-state index is 0.0137. The average Bonchev–Trinajstić information content (AvgIpc) is 2.23. The number of carbonyl (C=O) groups is 1. The van der Waals surface area contributed by atoms with Crippen LogP contribution >= 0.6 is 15.9 Å². The molecule has 0 aliphatic rings. The second-order valence-electron chi connectivity index (χ2n) is 3.62. The van der Waals surface area contributed by atoms with Gasteiger partial charge in [0.05, 0.1) is 7.11 Å². The molecule has 16 heavy (non-hydrogen) atoms. The number of rotatable bonds is 3. The first-order valence-electron chi connectivity index (χ1n) is 4.99. The summed E-state index contributed by atoms with van der Waals surface area (Å²) >= 11 is 3.37. The van der Waals surface area contributed by atoms with Crippen LogP contribution in [-0.4, -0.2) is 23.5 Å². The molecule has 3 nitrogen and oxygen atoms in total. The van der Waals surface area contributed by atoms with Crippen LogP contribution in [0.3, 0.4) is 0 Å². The maximum absolute atomic E-state index is 11.5. The summed E-state index contributed by atoms with van der Waals surface area (Å²) in [5.74, 6) is -0.508. The van der Waals surface area contributed by atoms with Gasteiger partial charge in [0.15, 0.2) is 0 Å². The molecule has 4 heteroatoms. The van der Waals surface area contributed by atoms with Gasteiger partial charge in [-0.1, -0.05) is 15.9 Å². The number of halogens is 1. The highest BCUT2D eigenvalue weighted by Crippen LogP contribution is 2.28. The Hall–Kier alpha value is -1.03. The number of hydrogen-bond acceptors (Lipinski definition) is 3. The third-order valence-corrected chi connectivity index (χ3v) is 3.04.